The van der Waals surface area contributed by atoms with Crippen LogP contribution in [0, 0.1) is 0 Å². The lowest BCUT2D eigenvalue weighted by Crippen LogP contribution is -2.48. The molecule has 0 saturated heterocycles. The number of aliphatic hydroxyl groups is 4. The average molecular weight is 598 g/mol. The van der Waals surface area contributed by atoms with Crippen molar-refractivity contribution in [3.63, 3.8) is 0 Å². The van der Waals surface area contributed by atoms with Crippen molar-refractivity contribution >= 4 is 38.3 Å². The summed E-state index contributed by atoms with van der Waals surface area (Å²) in [6.45, 7) is -1.85. The van der Waals surface area contributed by atoms with Crippen LogP contribution in [0.15, 0.2) is 41.1 Å². The van der Waals surface area contributed by atoms with Gasteiger partial charge in [0.2, 0.25) is 0 Å². The third kappa shape index (κ3) is 6.94. The molecule has 0 aliphatic carbocycles. The number of hydrogen-bond acceptors (Lipinski definition) is 9. The minimum absolute atomic E-state index is 0. The van der Waals surface area contributed by atoms with Gasteiger partial charge < -0.3 is 40.7 Å². The van der Waals surface area contributed by atoms with Gasteiger partial charge in [0.15, 0.2) is 23.8 Å². The summed E-state index contributed by atoms with van der Waals surface area (Å²) in [5.41, 5.74) is -0.249. The van der Waals surface area contributed by atoms with Crippen molar-refractivity contribution in [2.75, 3.05) is 25.6 Å². The van der Waals surface area contributed by atoms with Gasteiger partial charge in [-0.3, -0.25) is 0 Å². The van der Waals surface area contributed by atoms with Gasteiger partial charge in [0, 0.05) is 15.9 Å². The highest BCUT2D eigenvalue weighted by Crippen LogP contribution is 2.38. The van der Waals surface area contributed by atoms with Crippen molar-refractivity contribution in [2.24, 2.45) is 0 Å². The fraction of sp³-hybridized carbons (Fsp3) is 0.364. The van der Waals surface area contributed by atoms with Gasteiger partial charge in [0.25, 0.3) is 0 Å². The number of hydrogen-bond donors (Lipinski definition) is 5. The van der Waals surface area contributed by atoms with Crippen molar-refractivity contribution in [3.05, 3.63) is 46.7 Å². The SMILES string of the molecule is COc1cc2c(Nc3ccc(C(F)(F)F)cc3Br)ncnc2cc1O[C@H](CO)[C@H](O)[C@@H](O)[C@H](F)CO.O. The first kappa shape index (κ1) is 30.4. The van der Waals surface area contributed by atoms with Crippen molar-refractivity contribution < 1.29 is 52.9 Å². The van der Waals surface area contributed by atoms with Crippen LogP contribution in [0.1, 0.15) is 5.56 Å². The van der Waals surface area contributed by atoms with Crippen LogP contribution in [0.5, 0.6) is 11.5 Å². The second-order valence-corrected chi connectivity index (χ2v) is 8.43. The zero-order valence-electron chi connectivity index (χ0n) is 19.1. The molecule has 3 aromatic rings. The molecule has 3 rings (SSSR count). The highest BCUT2D eigenvalue weighted by atomic mass is 79.9. The lowest BCUT2D eigenvalue weighted by Gasteiger charge is -2.28. The van der Waals surface area contributed by atoms with Crippen LogP contribution in [0.2, 0.25) is 0 Å². The van der Waals surface area contributed by atoms with Gasteiger partial charge in [0.1, 0.15) is 24.4 Å². The molecule has 204 valence electrons. The predicted octanol–water partition coefficient (Wildman–Crippen LogP) is 2.13. The maximum absolute atomic E-state index is 13.6. The highest BCUT2D eigenvalue weighted by Gasteiger charge is 2.34. The van der Waals surface area contributed by atoms with E-state index in [1.54, 1.807) is 0 Å². The van der Waals surface area contributed by atoms with E-state index in [4.69, 9.17) is 14.6 Å². The Kier molecular flexibility index (Phi) is 10.4. The van der Waals surface area contributed by atoms with Gasteiger partial charge in [-0.1, -0.05) is 0 Å². The Morgan fingerprint density at radius 1 is 1.03 bits per heavy atom. The van der Waals surface area contributed by atoms with Gasteiger partial charge in [-0.2, -0.15) is 13.2 Å². The molecular weight excluding hydrogens is 574 g/mol. The van der Waals surface area contributed by atoms with Crippen LogP contribution in [-0.2, 0) is 6.18 Å². The standard InChI is InChI=1S/C22H22BrF4N3O6.H2O/c1-35-16-5-11-15(6-17(16)36-18(8-32)20(34)19(33)13(24)7-31)28-9-29-21(11)30-14-3-2-10(4-12(14)23)22(25,26)27;/h2-6,9,13,18-20,31-34H,7-8H2,1H3,(H,28,29,30);1H2/t13-,18-,19+,20+;/m1./s1. The number of nitrogens with one attached hydrogen (secondary N) is 1. The topological polar surface area (TPSA) is 169 Å². The maximum Gasteiger partial charge on any atom is 0.416 e. The summed E-state index contributed by atoms with van der Waals surface area (Å²) in [7, 11) is 1.31. The van der Waals surface area contributed by atoms with Crippen LogP contribution in [0.3, 0.4) is 0 Å². The molecule has 0 unspecified atom stereocenters. The third-order valence-corrected chi connectivity index (χ3v) is 5.86. The zero-order valence-corrected chi connectivity index (χ0v) is 20.7. The molecule has 0 saturated carbocycles. The van der Waals surface area contributed by atoms with E-state index in [-0.39, 0.29) is 32.8 Å². The predicted molar refractivity (Wildman–Crippen MR) is 128 cm³/mol. The Morgan fingerprint density at radius 3 is 2.30 bits per heavy atom. The Hall–Kier alpha value is -2.82. The van der Waals surface area contributed by atoms with Crippen molar-refractivity contribution in [3.8, 4) is 11.5 Å². The minimum atomic E-state index is -4.51. The number of fused-ring (bicyclic) bond motifs is 1. The van der Waals surface area contributed by atoms with Gasteiger partial charge in [-0.05, 0) is 40.2 Å². The molecule has 1 aromatic heterocycles. The third-order valence-electron chi connectivity index (χ3n) is 5.20. The number of aliphatic hydroxyl groups excluding tert-OH is 4. The molecule has 0 radical (unpaired) electrons. The van der Waals surface area contributed by atoms with Crippen LogP contribution >= 0.6 is 15.9 Å². The van der Waals surface area contributed by atoms with Gasteiger partial charge >= 0.3 is 6.18 Å². The quantitative estimate of drug-likeness (QED) is 0.220. The molecule has 7 N–H and O–H groups in total. The summed E-state index contributed by atoms with van der Waals surface area (Å²) in [5, 5.41) is 41.8. The average Bonchev–Trinajstić information content (AvgIpc) is 2.86. The summed E-state index contributed by atoms with van der Waals surface area (Å²) in [4.78, 5) is 8.27. The van der Waals surface area contributed by atoms with Crippen LogP contribution in [0.4, 0.5) is 29.1 Å². The molecule has 0 amide bonds. The number of halogens is 5. The maximum atomic E-state index is 13.6. The number of alkyl halides is 4. The summed E-state index contributed by atoms with van der Waals surface area (Å²) >= 11 is 3.12. The van der Waals surface area contributed by atoms with E-state index in [1.807, 2.05) is 0 Å². The van der Waals surface area contributed by atoms with Crippen LogP contribution in [-0.4, -0.2) is 80.7 Å². The Morgan fingerprint density at radius 2 is 1.73 bits per heavy atom. The molecule has 0 spiro atoms. The molecule has 0 bridgehead atoms. The molecule has 37 heavy (non-hydrogen) atoms. The first-order valence-corrected chi connectivity index (χ1v) is 11.1. The molecule has 0 fully saturated rings. The molecule has 15 heteroatoms. The Bertz CT molecular complexity index is 1200. The Labute approximate surface area is 215 Å². The van der Waals surface area contributed by atoms with E-state index in [0.717, 1.165) is 12.1 Å². The van der Waals surface area contributed by atoms with E-state index in [2.05, 4.69) is 31.2 Å². The number of rotatable bonds is 10. The van der Waals surface area contributed by atoms with E-state index in [9.17, 15) is 32.9 Å². The van der Waals surface area contributed by atoms with Gasteiger partial charge in [-0.25, -0.2) is 14.4 Å². The summed E-state index contributed by atoms with van der Waals surface area (Å²) in [5.74, 6) is 0.295. The molecule has 1 heterocycles. The van der Waals surface area contributed by atoms with Crippen LogP contribution < -0.4 is 14.8 Å². The molecular formula is C22H24BrF4N3O7. The van der Waals surface area contributed by atoms with Crippen LogP contribution in [0.25, 0.3) is 10.9 Å². The van der Waals surface area contributed by atoms with Crippen molar-refractivity contribution in [2.45, 2.75) is 30.7 Å². The number of methoxy groups -OCH3 is 1. The summed E-state index contributed by atoms with van der Waals surface area (Å²) in [6.07, 6.45) is -10.9. The normalized spacial score (nSPS) is 14.9. The lowest BCUT2D eigenvalue weighted by atomic mass is 10.0. The first-order valence-electron chi connectivity index (χ1n) is 10.3. The zero-order chi connectivity index (χ0) is 26.6. The number of anilines is 2. The molecule has 4 atom stereocenters. The largest absolute Gasteiger partial charge is 0.493 e. The summed E-state index contributed by atoms with van der Waals surface area (Å²) in [6, 6.07) is 5.90. The van der Waals surface area contributed by atoms with Crippen molar-refractivity contribution in [1.82, 2.24) is 9.97 Å². The highest BCUT2D eigenvalue weighted by molar-refractivity contribution is 9.10. The smallest absolute Gasteiger partial charge is 0.416 e. The van der Waals surface area contributed by atoms with E-state index in [1.165, 1.54) is 31.6 Å². The molecule has 2 aromatic carbocycles. The fourth-order valence-electron chi connectivity index (χ4n) is 3.26. The first-order chi connectivity index (χ1) is 17.0. The molecule has 0 aliphatic heterocycles. The van der Waals surface area contributed by atoms with Gasteiger partial charge in [-0.15, -0.1) is 0 Å². The number of benzene rings is 2. The number of aromatic nitrogens is 2. The van der Waals surface area contributed by atoms with Crippen molar-refractivity contribution in [1.29, 1.82) is 0 Å². The summed E-state index contributed by atoms with van der Waals surface area (Å²) < 4.78 is 63.5. The van der Waals surface area contributed by atoms with Gasteiger partial charge in [0.05, 0.1) is 37.1 Å². The number of ether oxygens (including phenoxy) is 2. The minimum Gasteiger partial charge on any atom is -0.493 e. The Balaban J connectivity index is 0.00000481. The van der Waals surface area contributed by atoms with E-state index >= 15 is 0 Å². The second-order valence-electron chi connectivity index (χ2n) is 7.58. The van der Waals surface area contributed by atoms with E-state index < -0.39 is 49.4 Å². The number of nitrogens with zero attached hydrogens (tertiary/aromatic N) is 2. The molecule has 0 aliphatic rings. The monoisotopic (exact) mass is 597 g/mol. The molecule has 10 nitrogen and oxygen atoms in total. The fourth-order valence-corrected chi connectivity index (χ4v) is 3.73. The van der Waals surface area contributed by atoms with E-state index in [0.29, 0.717) is 11.1 Å². The lowest BCUT2D eigenvalue weighted by molar-refractivity contribution is -0.137. The second kappa shape index (κ2) is 12.6.